The monoisotopic (exact) mass is 444 g/mol. The van der Waals surface area contributed by atoms with Crippen molar-refractivity contribution in [3.8, 4) is 0 Å². The molecule has 1 atom stereocenters. The van der Waals surface area contributed by atoms with Crippen LogP contribution in [0.25, 0.3) is 0 Å². The summed E-state index contributed by atoms with van der Waals surface area (Å²) < 4.78 is 19.2. The van der Waals surface area contributed by atoms with Crippen LogP contribution in [0.4, 0.5) is 0 Å². The second kappa shape index (κ2) is 8.04. The lowest BCUT2D eigenvalue weighted by Crippen LogP contribution is -2.18. The fourth-order valence-electron chi connectivity index (χ4n) is 2.03. The highest BCUT2D eigenvalue weighted by atomic mass is 79.9. The Bertz CT molecular complexity index is 623. The van der Waals surface area contributed by atoms with Gasteiger partial charge >= 0.3 is 5.97 Å². The van der Waals surface area contributed by atoms with Gasteiger partial charge in [0.2, 0.25) is 0 Å². The first-order chi connectivity index (χ1) is 10.5. The maximum absolute atomic E-state index is 12.7. The molecule has 1 unspecified atom stereocenters. The second-order valence-electron chi connectivity index (χ2n) is 4.58. The van der Waals surface area contributed by atoms with Gasteiger partial charge in [-0.25, -0.2) is 0 Å². The summed E-state index contributed by atoms with van der Waals surface area (Å²) in [6.45, 7) is 0. The number of carbonyl (C=O) groups excluding carboxylic acids is 1. The number of hydrogen-bond donors (Lipinski definition) is 0. The number of carbonyl (C=O) groups is 1. The smallest absolute Gasteiger partial charge is 0.318 e. The van der Waals surface area contributed by atoms with Crippen LogP contribution in [0.1, 0.15) is 16.4 Å². The molecule has 0 amide bonds. The van der Waals surface area contributed by atoms with Crippen LogP contribution in [0.5, 0.6) is 0 Å². The topological polar surface area (TPSA) is 43.4 Å². The van der Waals surface area contributed by atoms with E-state index in [-0.39, 0.29) is 11.0 Å². The fraction of sp³-hybridized carbons (Fsp3) is 0.188. The Hall–Kier alpha value is -0.980. The standard InChI is InChI=1S/C16H14Br2O3S/c1-21-15(19)10-22(20)16(11-2-6-13(17)7-3-11)12-4-8-14(18)9-5-12/h2-9,16H,10H2,1H3. The van der Waals surface area contributed by atoms with Gasteiger partial charge in [0.25, 0.3) is 0 Å². The average Bonchev–Trinajstić information content (AvgIpc) is 2.51. The molecule has 0 bridgehead atoms. The summed E-state index contributed by atoms with van der Waals surface area (Å²) in [5, 5.41) is -0.375. The van der Waals surface area contributed by atoms with Crippen LogP contribution in [0, 0.1) is 0 Å². The zero-order chi connectivity index (χ0) is 16.1. The first-order valence-corrected chi connectivity index (χ1v) is 9.43. The van der Waals surface area contributed by atoms with Crippen molar-refractivity contribution in [2.75, 3.05) is 12.9 Å². The van der Waals surface area contributed by atoms with E-state index in [1.54, 1.807) is 0 Å². The molecule has 2 aromatic rings. The number of hydrogen-bond acceptors (Lipinski definition) is 3. The molecule has 0 heterocycles. The van der Waals surface area contributed by atoms with Gasteiger partial charge < -0.3 is 4.74 Å². The maximum Gasteiger partial charge on any atom is 0.318 e. The van der Waals surface area contributed by atoms with Gasteiger partial charge in [0.05, 0.1) is 12.4 Å². The summed E-state index contributed by atoms with van der Waals surface area (Å²) >= 11 is 6.79. The number of rotatable bonds is 5. The maximum atomic E-state index is 12.7. The molecular formula is C16H14Br2O3S. The van der Waals surface area contributed by atoms with E-state index < -0.39 is 16.8 Å². The molecule has 0 N–H and O–H groups in total. The van der Waals surface area contributed by atoms with Crippen molar-refractivity contribution in [1.82, 2.24) is 0 Å². The fourth-order valence-corrected chi connectivity index (χ4v) is 4.00. The van der Waals surface area contributed by atoms with Gasteiger partial charge in [0, 0.05) is 19.7 Å². The van der Waals surface area contributed by atoms with Crippen molar-refractivity contribution in [3.05, 3.63) is 68.6 Å². The third kappa shape index (κ3) is 4.51. The third-order valence-corrected chi connectivity index (χ3v) is 5.74. The first-order valence-electron chi connectivity index (χ1n) is 6.46. The number of benzene rings is 2. The van der Waals surface area contributed by atoms with Crippen LogP contribution >= 0.6 is 31.9 Å². The minimum atomic E-state index is -1.41. The van der Waals surface area contributed by atoms with E-state index in [9.17, 15) is 9.00 Å². The molecule has 0 saturated carbocycles. The van der Waals surface area contributed by atoms with E-state index >= 15 is 0 Å². The largest absolute Gasteiger partial charge is 0.468 e. The van der Waals surface area contributed by atoms with Gasteiger partial charge in [-0.15, -0.1) is 0 Å². The highest BCUT2D eigenvalue weighted by Gasteiger charge is 2.23. The summed E-state index contributed by atoms with van der Waals surface area (Å²) in [7, 11) is -0.109. The van der Waals surface area contributed by atoms with Crippen LogP contribution in [0.15, 0.2) is 57.5 Å². The molecule has 2 aromatic carbocycles. The second-order valence-corrected chi connectivity index (χ2v) is 7.94. The van der Waals surface area contributed by atoms with Crippen molar-refractivity contribution >= 4 is 48.6 Å². The van der Waals surface area contributed by atoms with Crippen LogP contribution in [-0.2, 0) is 20.3 Å². The van der Waals surface area contributed by atoms with Gasteiger partial charge in [-0.1, -0.05) is 56.1 Å². The predicted molar refractivity (Wildman–Crippen MR) is 95.2 cm³/mol. The molecule has 0 fully saturated rings. The van der Waals surface area contributed by atoms with Gasteiger partial charge in [-0.3, -0.25) is 9.00 Å². The van der Waals surface area contributed by atoms with E-state index in [1.807, 2.05) is 48.5 Å². The van der Waals surface area contributed by atoms with E-state index in [2.05, 4.69) is 36.6 Å². The van der Waals surface area contributed by atoms with Crippen molar-refractivity contribution < 1.29 is 13.7 Å². The molecule has 0 spiro atoms. The number of esters is 1. The molecule has 22 heavy (non-hydrogen) atoms. The number of halogens is 2. The molecule has 116 valence electrons. The lowest BCUT2D eigenvalue weighted by molar-refractivity contribution is -0.137. The highest BCUT2D eigenvalue weighted by molar-refractivity contribution is 9.10. The number of ether oxygens (including phenoxy) is 1. The first kappa shape index (κ1) is 17.4. The third-order valence-electron chi connectivity index (χ3n) is 3.10. The Morgan fingerprint density at radius 2 is 1.41 bits per heavy atom. The number of methoxy groups -OCH3 is 1. The van der Waals surface area contributed by atoms with Crippen molar-refractivity contribution in [1.29, 1.82) is 0 Å². The lowest BCUT2D eigenvalue weighted by atomic mass is 10.0. The Kier molecular flexibility index (Phi) is 6.35. The minimum absolute atomic E-state index is 0.132. The molecule has 0 aromatic heterocycles. The summed E-state index contributed by atoms with van der Waals surface area (Å²) in [4.78, 5) is 11.5. The Balaban J connectivity index is 2.39. The molecule has 6 heteroatoms. The van der Waals surface area contributed by atoms with Gasteiger partial charge in [0.1, 0.15) is 5.75 Å². The van der Waals surface area contributed by atoms with Gasteiger partial charge in [-0.05, 0) is 35.4 Å². The van der Waals surface area contributed by atoms with Crippen molar-refractivity contribution in [2.24, 2.45) is 0 Å². The summed E-state index contributed by atoms with van der Waals surface area (Å²) in [6.07, 6.45) is 0. The molecule has 0 radical (unpaired) electrons. The summed E-state index contributed by atoms with van der Waals surface area (Å²) in [5.74, 6) is -0.606. The Morgan fingerprint density at radius 1 is 1.00 bits per heavy atom. The average molecular weight is 446 g/mol. The Morgan fingerprint density at radius 3 is 1.77 bits per heavy atom. The molecule has 0 aliphatic carbocycles. The molecular weight excluding hydrogens is 432 g/mol. The van der Waals surface area contributed by atoms with Crippen LogP contribution in [-0.4, -0.2) is 23.0 Å². The van der Waals surface area contributed by atoms with E-state index in [0.29, 0.717) is 0 Å². The predicted octanol–water partition coefficient (Wildman–Crippen LogP) is 4.22. The van der Waals surface area contributed by atoms with E-state index in [0.717, 1.165) is 20.1 Å². The van der Waals surface area contributed by atoms with Crippen molar-refractivity contribution in [3.63, 3.8) is 0 Å². The molecule has 2 rings (SSSR count). The normalized spacial score (nSPS) is 12.2. The van der Waals surface area contributed by atoms with Crippen LogP contribution in [0.2, 0.25) is 0 Å². The van der Waals surface area contributed by atoms with Gasteiger partial charge in [-0.2, -0.15) is 0 Å². The molecule has 0 aliphatic heterocycles. The molecule has 0 aliphatic rings. The molecule has 3 nitrogen and oxygen atoms in total. The summed E-state index contributed by atoms with van der Waals surface area (Å²) in [6, 6.07) is 15.2. The highest BCUT2D eigenvalue weighted by Crippen LogP contribution is 2.30. The van der Waals surface area contributed by atoms with Crippen molar-refractivity contribution in [2.45, 2.75) is 5.25 Å². The SMILES string of the molecule is COC(=O)CS(=O)C(c1ccc(Br)cc1)c1ccc(Br)cc1. The summed E-state index contributed by atoms with van der Waals surface area (Å²) in [5.41, 5.74) is 1.79. The zero-order valence-corrected chi connectivity index (χ0v) is 15.8. The van der Waals surface area contributed by atoms with E-state index in [1.165, 1.54) is 7.11 Å². The molecule has 0 saturated heterocycles. The minimum Gasteiger partial charge on any atom is -0.468 e. The lowest BCUT2D eigenvalue weighted by Gasteiger charge is -2.17. The van der Waals surface area contributed by atoms with Crippen LogP contribution in [0.3, 0.4) is 0 Å². The van der Waals surface area contributed by atoms with E-state index in [4.69, 9.17) is 0 Å². The van der Waals surface area contributed by atoms with Gasteiger partial charge in [0.15, 0.2) is 0 Å². The zero-order valence-electron chi connectivity index (χ0n) is 11.8. The quantitative estimate of drug-likeness (QED) is 0.647. The Labute approximate surface area is 148 Å². The van der Waals surface area contributed by atoms with Crippen LogP contribution < -0.4 is 0 Å².